The number of halogens is 1. The molecule has 2 rings (SSSR count). The quantitative estimate of drug-likeness (QED) is 0.769. The van der Waals surface area contributed by atoms with Crippen molar-refractivity contribution in [3.63, 3.8) is 0 Å². The molecule has 1 amide bonds. The number of hydrogen-bond donors (Lipinski definition) is 0. The second-order valence-corrected chi connectivity index (χ2v) is 5.13. The summed E-state index contributed by atoms with van der Waals surface area (Å²) in [5, 5.41) is 3.91. The number of para-hydroxylation sites is 1. The number of alkyl halides is 1. The van der Waals surface area contributed by atoms with Gasteiger partial charge in [0, 0.05) is 5.38 Å². The minimum atomic E-state index is -0.104. The van der Waals surface area contributed by atoms with E-state index in [9.17, 15) is 4.79 Å². The Morgan fingerprint density at radius 1 is 1.28 bits per heavy atom. The average molecular weight is 280 g/mol. The van der Waals surface area contributed by atoms with Crippen molar-refractivity contribution >= 4 is 40.2 Å². The van der Waals surface area contributed by atoms with Crippen molar-refractivity contribution in [1.82, 2.24) is 0 Å². The lowest BCUT2D eigenvalue weighted by molar-refractivity contribution is -0.115. The number of aryl methyl sites for hydroxylation is 2. The third-order valence-electron chi connectivity index (χ3n) is 2.79. The first-order valence-corrected chi connectivity index (χ1v) is 7.10. The van der Waals surface area contributed by atoms with Gasteiger partial charge in [-0.05, 0) is 36.4 Å². The van der Waals surface area contributed by atoms with E-state index in [1.807, 2.05) is 48.9 Å². The molecule has 0 N–H and O–H groups in total. The van der Waals surface area contributed by atoms with Crippen LogP contribution in [0.25, 0.3) is 0 Å². The fraction of sp³-hybridized carbons (Fsp3) is 0.214. The molecule has 94 valence electrons. The molecular formula is C14H14ClNOS. The Hall–Kier alpha value is -1.32. The predicted octanol–water partition coefficient (Wildman–Crippen LogP) is 4.27. The van der Waals surface area contributed by atoms with E-state index in [0.29, 0.717) is 0 Å². The molecule has 1 aromatic carbocycles. The number of benzene rings is 1. The highest BCUT2D eigenvalue weighted by atomic mass is 35.5. The maximum Gasteiger partial charge on any atom is 0.246 e. The van der Waals surface area contributed by atoms with Crippen LogP contribution in [-0.2, 0) is 4.79 Å². The standard InChI is InChI=1S/C14H14ClNOS/c1-10-4-3-5-11(2)14(10)16(13(17)8-15)12-6-7-18-9-12/h3-7,9H,8H2,1-2H3. The summed E-state index contributed by atoms with van der Waals surface area (Å²) in [6.07, 6.45) is 0. The molecule has 0 unspecified atom stereocenters. The third kappa shape index (κ3) is 2.42. The van der Waals surface area contributed by atoms with E-state index in [1.165, 1.54) is 0 Å². The van der Waals surface area contributed by atoms with E-state index in [-0.39, 0.29) is 11.8 Å². The van der Waals surface area contributed by atoms with E-state index in [2.05, 4.69) is 0 Å². The molecule has 0 bridgehead atoms. The summed E-state index contributed by atoms with van der Waals surface area (Å²) in [6.45, 7) is 4.01. The van der Waals surface area contributed by atoms with Gasteiger partial charge in [0.1, 0.15) is 5.88 Å². The summed E-state index contributed by atoms with van der Waals surface area (Å²) in [5.41, 5.74) is 3.95. The van der Waals surface area contributed by atoms with Crippen molar-refractivity contribution < 1.29 is 4.79 Å². The number of anilines is 2. The molecular weight excluding hydrogens is 266 g/mol. The molecule has 0 aliphatic carbocycles. The van der Waals surface area contributed by atoms with Gasteiger partial charge in [0.15, 0.2) is 0 Å². The predicted molar refractivity (Wildman–Crippen MR) is 78.1 cm³/mol. The fourth-order valence-electron chi connectivity index (χ4n) is 2.00. The summed E-state index contributed by atoms with van der Waals surface area (Å²) in [7, 11) is 0. The van der Waals surface area contributed by atoms with E-state index >= 15 is 0 Å². The minimum absolute atomic E-state index is 0.0242. The number of amides is 1. The van der Waals surface area contributed by atoms with Crippen molar-refractivity contribution in [3.05, 3.63) is 46.2 Å². The van der Waals surface area contributed by atoms with E-state index in [0.717, 1.165) is 22.5 Å². The number of carbonyl (C=O) groups excluding carboxylic acids is 1. The molecule has 0 spiro atoms. The van der Waals surface area contributed by atoms with Crippen LogP contribution in [0.2, 0.25) is 0 Å². The van der Waals surface area contributed by atoms with E-state index in [1.54, 1.807) is 16.2 Å². The second kappa shape index (κ2) is 5.55. The molecule has 0 fully saturated rings. The zero-order valence-electron chi connectivity index (χ0n) is 10.3. The summed E-state index contributed by atoms with van der Waals surface area (Å²) < 4.78 is 0. The molecule has 0 aliphatic rings. The SMILES string of the molecule is Cc1cccc(C)c1N(C(=O)CCl)c1ccsc1. The van der Waals surface area contributed by atoms with Crippen LogP contribution < -0.4 is 4.90 Å². The number of thiophene rings is 1. The van der Waals surface area contributed by atoms with Gasteiger partial charge < -0.3 is 0 Å². The van der Waals surface area contributed by atoms with Gasteiger partial charge >= 0.3 is 0 Å². The van der Waals surface area contributed by atoms with Crippen molar-refractivity contribution in [2.45, 2.75) is 13.8 Å². The Morgan fingerprint density at radius 3 is 2.44 bits per heavy atom. The van der Waals surface area contributed by atoms with Crippen molar-refractivity contribution in [1.29, 1.82) is 0 Å². The Balaban J connectivity index is 2.57. The van der Waals surface area contributed by atoms with E-state index in [4.69, 9.17) is 11.6 Å². The van der Waals surface area contributed by atoms with E-state index < -0.39 is 0 Å². The van der Waals surface area contributed by atoms with Gasteiger partial charge in [0.25, 0.3) is 0 Å². The largest absolute Gasteiger partial charge is 0.279 e. The van der Waals surface area contributed by atoms with Crippen LogP contribution in [0.4, 0.5) is 11.4 Å². The van der Waals surface area contributed by atoms with Crippen molar-refractivity contribution in [3.8, 4) is 0 Å². The zero-order valence-corrected chi connectivity index (χ0v) is 11.9. The van der Waals surface area contributed by atoms with Gasteiger partial charge in [-0.1, -0.05) is 18.2 Å². The first-order chi connectivity index (χ1) is 8.65. The molecule has 2 nitrogen and oxygen atoms in total. The Labute approximate surface area is 116 Å². The van der Waals surface area contributed by atoms with Gasteiger partial charge in [0.05, 0.1) is 11.4 Å². The highest BCUT2D eigenvalue weighted by Crippen LogP contribution is 2.33. The molecule has 0 radical (unpaired) electrons. The zero-order chi connectivity index (χ0) is 13.1. The summed E-state index contributed by atoms with van der Waals surface area (Å²) in [4.78, 5) is 13.8. The van der Waals surface area contributed by atoms with Gasteiger partial charge in [-0.25, -0.2) is 0 Å². The summed E-state index contributed by atoms with van der Waals surface area (Å²) >= 11 is 7.30. The Bertz CT molecular complexity index is 531. The van der Waals surface area contributed by atoms with Gasteiger partial charge in [-0.3, -0.25) is 9.69 Å². The maximum atomic E-state index is 12.1. The Kier molecular flexibility index (Phi) is 4.04. The number of nitrogens with zero attached hydrogens (tertiary/aromatic N) is 1. The van der Waals surface area contributed by atoms with Gasteiger partial charge in [-0.2, -0.15) is 11.3 Å². The number of rotatable bonds is 3. The first kappa shape index (κ1) is 13.1. The molecule has 2 aromatic rings. The highest BCUT2D eigenvalue weighted by molar-refractivity contribution is 7.08. The molecule has 1 aromatic heterocycles. The summed E-state index contributed by atoms with van der Waals surface area (Å²) in [5.74, 6) is -0.128. The molecule has 0 saturated heterocycles. The van der Waals surface area contributed by atoms with Crippen LogP contribution >= 0.6 is 22.9 Å². The number of hydrogen-bond acceptors (Lipinski definition) is 2. The normalized spacial score (nSPS) is 10.4. The molecule has 0 aliphatic heterocycles. The minimum Gasteiger partial charge on any atom is -0.279 e. The lowest BCUT2D eigenvalue weighted by Crippen LogP contribution is -2.27. The molecule has 1 heterocycles. The van der Waals surface area contributed by atoms with Crippen LogP contribution in [0.15, 0.2) is 35.0 Å². The fourth-order valence-corrected chi connectivity index (χ4v) is 2.74. The van der Waals surface area contributed by atoms with Crippen molar-refractivity contribution in [2.75, 3.05) is 10.8 Å². The summed E-state index contributed by atoms with van der Waals surface area (Å²) in [6, 6.07) is 7.93. The molecule has 0 atom stereocenters. The monoisotopic (exact) mass is 279 g/mol. The van der Waals surface area contributed by atoms with Crippen LogP contribution in [0.3, 0.4) is 0 Å². The molecule has 0 saturated carbocycles. The van der Waals surface area contributed by atoms with Crippen LogP contribution in [0, 0.1) is 13.8 Å². The highest BCUT2D eigenvalue weighted by Gasteiger charge is 2.20. The maximum absolute atomic E-state index is 12.1. The average Bonchev–Trinajstić information content (AvgIpc) is 2.86. The smallest absolute Gasteiger partial charge is 0.246 e. The van der Waals surface area contributed by atoms with Gasteiger partial charge in [-0.15, -0.1) is 11.6 Å². The molecule has 18 heavy (non-hydrogen) atoms. The van der Waals surface area contributed by atoms with Crippen LogP contribution in [-0.4, -0.2) is 11.8 Å². The Morgan fingerprint density at radius 2 is 1.94 bits per heavy atom. The van der Waals surface area contributed by atoms with Crippen LogP contribution in [0.1, 0.15) is 11.1 Å². The van der Waals surface area contributed by atoms with Gasteiger partial charge in [0.2, 0.25) is 5.91 Å². The topological polar surface area (TPSA) is 20.3 Å². The second-order valence-electron chi connectivity index (χ2n) is 4.08. The third-order valence-corrected chi connectivity index (χ3v) is 3.69. The lowest BCUT2D eigenvalue weighted by Gasteiger charge is -2.24. The first-order valence-electron chi connectivity index (χ1n) is 5.62. The lowest BCUT2D eigenvalue weighted by atomic mass is 10.1. The van der Waals surface area contributed by atoms with Crippen LogP contribution in [0.5, 0.6) is 0 Å². The number of carbonyl (C=O) groups is 1. The molecule has 4 heteroatoms. The van der Waals surface area contributed by atoms with Crippen molar-refractivity contribution in [2.24, 2.45) is 0 Å².